The van der Waals surface area contributed by atoms with Crippen molar-refractivity contribution in [2.45, 2.75) is 4.90 Å². The highest BCUT2D eigenvalue weighted by molar-refractivity contribution is 7.92. The molecule has 3 rings (SSSR count). The van der Waals surface area contributed by atoms with Crippen LogP contribution in [-0.2, 0) is 10.0 Å². The summed E-state index contributed by atoms with van der Waals surface area (Å²) < 4.78 is 67.9. The van der Waals surface area contributed by atoms with E-state index < -0.39 is 27.5 Å². The second-order valence-corrected chi connectivity index (χ2v) is 6.92. The van der Waals surface area contributed by atoms with E-state index in [1.165, 1.54) is 42.5 Å². The van der Waals surface area contributed by atoms with Crippen LogP contribution in [0, 0.1) is 17.5 Å². The fourth-order valence-electron chi connectivity index (χ4n) is 2.33. The van der Waals surface area contributed by atoms with Crippen molar-refractivity contribution in [3.63, 3.8) is 0 Å². The molecular weight excluding hydrogens is 351 g/mol. The minimum absolute atomic E-state index is 0.0258. The molecule has 7 heteroatoms. The predicted octanol–water partition coefficient (Wildman–Crippen LogP) is 4.57. The highest BCUT2D eigenvalue weighted by Gasteiger charge is 2.19. The minimum Gasteiger partial charge on any atom is -0.279 e. The molecular formula is C18H12F3NO2S. The van der Waals surface area contributed by atoms with Gasteiger partial charge in [-0.15, -0.1) is 0 Å². The lowest BCUT2D eigenvalue weighted by Gasteiger charge is -2.14. The summed E-state index contributed by atoms with van der Waals surface area (Å²) in [5, 5.41) is 0. The summed E-state index contributed by atoms with van der Waals surface area (Å²) in [4.78, 5) is -0.0371. The SMILES string of the molecule is O=S(=O)(Nc1cc(F)c(F)cc1-c1cccc(F)c1)c1ccccc1. The summed E-state index contributed by atoms with van der Waals surface area (Å²) in [5.74, 6) is -2.97. The molecule has 3 aromatic carbocycles. The van der Waals surface area contributed by atoms with Gasteiger partial charge in [0, 0.05) is 11.6 Å². The van der Waals surface area contributed by atoms with E-state index in [0.717, 1.165) is 18.2 Å². The molecule has 128 valence electrons. The summed E-state index contributed by atoms with van der Waals surface area (Å²) in [6.45, 7) is 0. The molecule has 0 saturated carbocycles. The molecule has 0 bridgehead atoms. The Morgan fingerprint density at radius 2 is 1.44 bits per heavy atom. The normalized spacial score (nSPS) is 11.3. The quantitative estimate of drug-likeness (QED) is 0.738. The van der Waals surface area contributed by atoms with Gasteiger partial charge in [0.1, 0.15) is 5.82 Å². The molecule has 0 aliphatic heterocycles. The van der Waals surface area contributed by atoms with Gasteiger partial charge in [0.15, 0.2) is 11.6 Å². The van der Waals surface area contributed by atoms with Crippen LogP contribution in [0.2, 0.25) is 0 Å². The third-order valence-corrected chi connectivity index (χ3v) is 4.88. The first-order chi connectivity index (χ1) is 11.9. The van der Waals surface area contributed by atoms with E-state index in [9.17, 15) is 21.6 Å². The molecule has 0 amide bonds. The summed E-state index contributed by atoms with van der Waals surface area (Å²) in [6, 6.07) is 14.2. The van der Waals surface area contributed by atoms with Crippen LogP contribution in [0.1, 0.15) is 0 Å². The van der Waals surface area contributed by atoms with E-state index in [2.05, 4.69) is 4.72 Å². The average Bonchev–Trinajstić information content (AvgIpc) is 2.58. The molecule has 3 nitrogen and oxygen atoms in total. The molecule has 1 N–H and O–H groups in total. The van der Waals surface area contributed by atoms with Crippen LogP contribution < -0.4 is 4.72 Å². The van der Waals surface area contributed by atoms with Crippen molar-refractivity contribution in [3.8, 4) is 11.1 Å². The smallest absolute Gasteiger partial charge is 0.261 e. The standard InChI is InChI=1S/C18H12F3NO2S/c19-13-6-4-5-12(9-13)15-10-16(20)17(21)11-18(15)22-25(23,24)14-7-2-1-3-8-14/h1-11,22H. The second-order valence-electron chi connectivity index (χ2n) is 5.24. The van der Waals surface area contributed by atoms with Crippen LogP contribution in [0.5, 0.6) is 0 Å². The van der Waals surface area contributed by atoms with Gasteiger partial charge in [0.05, 0.1) is 10.6 Å². The van der Waals surface area contributed by atoms with Crippen molar-refractivity contribution in [2.24, 2.45) is 0 Å². The third kappa shape index (κ3) is 3.66. The minimum atomic E-state index is -4.02. The molecule has 0 fully saturated rings. The average molecular weight is 363 g/mol. The number of nitrogens with one attached hydrogen (secondary N) is 1. The Kier molecular flexibility index (Phi) is 4.50. The van der Waals surface area contributed by atoms with Crippen LogP contribution in [0.25, 0.3) is 11.1 Å². The predicted molar refractivity (Wildman–Crippen MR) is 89.0 cm³/mol. The summed E-state index contributed by atoms with van der Waals surface area (Å²) >= 11 is 0. The van der Waals surface area contributed by atoms with E-state index >= 15 is 0 Å². The summed E-state index contributed by atoms with van der Waals surface area (Å²) in [6.07, 6.45) is 0. The Morgan fingerprint density at radius 1 is 0.760 bits per heavy atom. The molecule has 3 aromatic rings. The molecule has 0 heterocycles. The maximum absolute atomic E-state index is 13.7. The van der Waals surface area contributed by atoms with Crippen molar-refractivity contribution < 1.29 is 21.6 Å². The van der Waals surface area contributed by atoms with Gasteiger partial charge in [-0.3, -0.25) is 4.72 Å². The third-order valence-electron chi connectivity index (χ3n) is 3.49. The largest absolute Gasteiger partial charge is 0.279 e. The van der Waals surface area contributed by atoms with Crippen molar-refractivity contribution >= 4 is 15.7 Å². The zero-order valence-corrected chi connectivity index (χ0v) is 13.5. The number of sulfonamides is 1. The van der Waals surface area contributed by atoms with Crippen molar-refractivity contribution in [2.75, 3.05) is 4.72 Å². The molecule has 0 aliphatic carbocycles. The van der Waals surface area contributed by atoms with E-state index in [4.69, 9.17) is 0 Å². The Labute approximate surface area is 142 Å². The van der Waals surface area contributed by atoms with Crippen LogP contribution in [0.4, 0.5) is 18.9 Å². The molecule has 0 saturated heterocycles. The van der Waals surface area contributed by atoms with Gasteiger partial charge >= 0.3 is 0 Å². The van der Waals surface area contributed by atoms with Gasteiger partial charge < -0.3 is 0 Å². The molecule has 0 unspecified atom stereocenters. The van der Waals surface area contributed by atoms with Gasteiger partial charge in [-0.05, 0) is 35.9 Å². The molecule has 0 atom stereocenters. The monoisotopic (exact) mass is 363 g/mol. The number of hydrogen-bond donors (Lipinski definition) is 1. The first kappa shape index (κ1) is 17.0. The van der Waals surface area contributed by atoms with Crippen LogP contribution in [-0.4, -0.2) is 8.42 Å². The fourth-order valence-corrected chi connectivity index (χ4v) is 3.42. The Morgan fingerprint density at radius 3 is 2.12 bits per heavy atom. The molecule has 0 aliphatic rings. The maximum Gasteiger partial charge on any atom is 0.261 e. The van der Waals surface area contributed by atoms with Gasteiger partial charge in [-0.2, -0.15) is 0 Å². The number of benzene rings is 3. The first-order valence-electron chi connectivity index (χ1n) is 7.20. The summed E-state index contributed by atoms with van der Waals surface area (Å²) in [5.41, 5.74) is 0.0518. The second kappa shape index (κ2) is 6.60. The lowest BCUT2D eigenvalue weighted by atomic mass is 10.0. The highest BCUT2D eigenvalue weighted by atomic mass is 32.2. The van der Waals surface area contributed by atoms with Gasteiger partial charge in [0.25, 0.3) is 10.0 Å². The molecule has 25 heavy (non-hydrogen) atoms. The van der Waals surface area contributed by atoms with E-state index in [-0.39, 0.29) is 21.7 Å². The summed E-state index contributed by atoms with van der Waals surface area (Å²) in [7, 11) is -4.02. The number of halogens is 3. The highest BCUT2D eigenvalue weighted by Crippen LogP contribution is 2.32. The Bertz CT molecular complexity index is 1020. The van der Waals surface area contributed by atoms with Crippen molar-refractivity contribution in [1.82, 2.24) is 0 Å². The number of rotatable bonds is 4. The Balaban J connectivity index is 2.11. The van der Waals surface area contributed by atoms with Gasteiger partial charge in [-0.25, -0.2) is 21.6 Å². The first-order valence-corrected chi connectivity index (χ1v) is 8.68. The van der Waals surface area contributed by atoms with Gasteiger partial charge in [-0.1, -0.05) is 30.3 Å². The lowest BCUT2D eigenvalue weighted by Crippen LogP contribution is -2.14. The van der Waals surface area contributed by atoms with E-state index in [1.807, 2.05) is 0 Å². The Hall–Kier alpha value is -2.80. The van der Waals surface area contributed by atoms with Crippen molar-refractivity contribution in [3.05, 3.63) is 84.2 Å². The van der Waals surface area contributed by atoms with Crippen LogP contribution >= 0.6 is 0 Å². The van der Waals surface area contributed by atoms with Crippen molar-refractivity contribution in [1.29, 1.82) is 0 Å². The molecule has 0 aromatic heterocycles. The zero-order chi connectivity index (χ0) is 18.0. The van der Waals surface area contributed by atoms with E-state index in [0.29, 0.717) is 0 Å². The fraction of sp³-hybridized carbons (Fsp3) is 0. The van der Waals surface area contributed by atoms with Crippen LogP contribution in [0.15, 0.2) is 71.6 Å². The lowest BCUT2D eigenvalue weighted by molar-refractivity contribution is 0.509. The topological polar surface area (TPSA) is 46.2 Å². The van der Waals surface area contributed by atoms with Gasteiger partial charge in [0.2, 0.25) is 0 Å². The zero-order valence-electron chi connectivity index (χ0n) is 12.7. The molecule has 0 radical (unpaired) electrons. The molecule has 0 spiro atoms. The number of hydrogen-bond acceptors (Lipinski definition) is 2. The van der Waals surface area contributed by atoms with Crippen LogP contribution in [0.3, 0.4) is 0 Å². The van der Waals surface area contributed by atoms with E-state index in [1.54, 1.807) is 6.07 Å². The maximum atomic E-state index is 13.7. The number of anilines is 1.